The van der Waals surface area contributed by atoms with Gasteiger partial charge in [-0.15, -0.1) is 0 Å². The molecule has 1 amide bonds. The summed E-state index contributed by atoms with van der Waals surface area (Å²) in [4.78, 5) is 12.5. The Morgan fingerprint density at radius 3 is 2.67 bits per heavy atom. The average Bonchev–Trinajstić information content (AvgIpc) is 3.04. The summed E-state index contributed by atoms with van der Waals surface area (Å²) >= 11 is 9.55. The smallest absolute Gasteiger partial charge is 0.416 e. The Hall–Kier alpha value is -2.52. The van der Waals surface area contributed by atoms with Crippen LogP contribution < -0.4 is 10.1 Å². The molecule has 0 aliphatic heterocycles. The molecule has 0 saturated carbocycles. The molecule has 30 heavy (non-hydrogen) atoms. The highest BCUT2D eigenvalue weighted by Crippen LogP contribution is 2.37. The van der Waals surface area contributed by atoms with E-state index < -0.39 is 17.6 Å². The van der Waals surface area contributed by atoms with E-state index >= 15 is 0 Å². The van der Waals surface area contributed by atoms with Gasteiger partial charge in [0.25, 0.3) is 5.91 Å². The van der Waals surface area contributed by atoms with Crippen molar-refractivity contribution in [3.8, 4) is 17.0 Å². The van der Waals surface area contributed by atoms with E-state index in [0.29, 0.717) is 39.7 Å². The summed E-state index contributed by atoms with van der Waals surface area (Å²) in [6, 6.07) is 9.12. The third-order valence-electron chi connectivity index (χ3n) is 4.17. The van der Waals surface area contributed by atoms with Crippen molar-refractivity contribution in [2.45, 2.75) is 6.18 Å². The van der Waals surface area contributed by atoms with E-state index in [4.69, 9.17) is 16.3 Å². The quantitative estimate of drug-likeness (QED) is 0.435. The number of nitrogens with one attached hydrogen (secondary N) is 1. The summed E-state index contributed by atoms with van der Waals surface area (Å²) in [5, 5.41) is 7.73. The Morgan fingerprint density at radius 2 is 2.03 bits per heavy atom. The number of benzene rings is 2. The molecule has 0 unspecified atom stereocenters. The van der Waals surface area contributed by atoms with Gasteiger partial charge in [0.2, 0.25) is 0 Å². The number of hydrogen-bond acceptors (Lipinski definition) is 3. The molecule has 3 aromatic rings. The van der Waals surface area contributed by atoms with Gasteiger partial charge < -0.3 is 10.1 Å². The molecule has 0 spiro atoms. The van der Waals surface area contributed by atoms with Crippen molar-refractivity contribution < 1.29 is 22.7 Å². The average molecular weight is 503 g/mol. The molecular weight excluding hydrogens is 487 g/mol. The van der Waals surface area contributed by atoms with Gasteiger partial charge >= 0.3 is 6.18 Å². The third-order valence-corrected chi connectivity index (χ3v) is 4.77. The van der Waals surface area contributed by atoms with Crippen LogP contribution in [-0.2, 0) is 13.2 Å². The van der Waals surface area contributed by atoms with Gasteiger partial charge in [-0.1, -0.05) is 33.6 Å². The third kappa shape index (κ3) is 4.96. The number of hydrogen-bond donors (Lipinski definition) is 1. The predicted octanol–water partition coefficient (Wildman–Crippen LogP) is 5.79. The molecule has 1 heterocycles. The lowest BCUT2D eigenvalue weighted by Crippen LogP contribution is -2.14. The Balaban J connectivity index is 1.94. The first kappa shape index (κ1) is 22.2. The van der Waals surface area contributed by atoms with Gasteiger partial charge in [0.1, 0.15) is 5.75 Å². The van der Waals surface area contributed by atoms with Gasteiger partial charge in [0.15, 0.2) is 0 Å². The zero-order chi connectivity index (χ0) is 21.9. The summed E-state index contributed by atoms with van der Waals surface area (Å²) in [5.74, 6) is -0.144. The van der Waals surface area contributed by atoms with Crippen LogP contribution in [0.5, 0.6) is 5.75 Å². The van der Waals surface area contributed by atoms with Crippen LogP contribution in [0.15, 0.2) is 48.7 Å². The Bertz CT molecular complexity index is 1050. The number of carbonyl (C=O) groups is 1. The molecule has 1 aromatic heterocycles. The summed E-state index contributed by atoms with van der Waals surface area (Å²) < 4.78 is 46.1. The first-order valence-electron chi connectivity index (χ1n) is 8.70. The number of halogens is 5. The van der Waals surface area contributed by atoms with Crippen LogP contribution in [0, 0.1) is 0 Å². The SMILES string of the molecule is Cn1ncc(Cl)c1-c1cc(NC(=O)c2cccc(C(F)(F)F)c2)ccc1OCCBr. The first-order chi connectivity index (χ1) is 14.2. The molecule has 2 aromatic carbocycles. The molecule has 5 nitrogen and oxygen atoms in total. The fourth-order valence-electron chi connectivity index (χ4n) is 2.82. The van der Waals surface area contributed by atoms with Crippen molar-refractivity contribution >= 4 is 39.1 Å². The number of alkyl halides is 4. The highest BCUT2D eigenvalue weighted by atomic mass is 79.9. The van der Waals surface area contributed by atoms with Crippen LogP contribution in [0.2, 0.25) is 5.02 Å². The summed E-state index contributed by atoms with van der Waals surface area (Å²) in [6.07, 6.45) is -3.05. The molecule has 1 N–H and O–H groups in total. The number of rotatable bonds is 6. The van der Waals surface area contributed by atoms with Crippen LogP contribution in [-0.4, -0.2) is 27.6 Å². The molecule has 3 rings (SSSR count). The minimum absolute atomic E-state index is 0.107. The largest absolute Gasteiger partial charge is 0.492 e. The second kappa shape index (κ2) is 9.09. The fraction of sp³-hybridized carbons (Fsp3) is 0.200. The monoisotopic (exact) mass is 501 g/mol. The Morgan fingerprint density at radius 1 is 1.27 bits per heavy atom. The number of amides is 1. The van der Waals surface area contributed by atoms with Crippen molar-refractivity contribution in [2.75, 3.05) is 17.3 Å². The number of anilines is 1. The van der Waals surface area contributed by atoms with Crippen molar-refractivity contribution in [3.05, 3.63) is 64.8 Å². The molecule has 0 bridgehead atoms. The summed E-state index contributed by atoms with van der Waals surface area (Å²) in [6.45, 7) is 0.401. The van der Waals surface area contributed by atoms with E-state index in [1.54, 1.807) is 29.9 Å². The topological polar surface area (TPSA) is 56.2 Å². The van der Waals surface area contributed by atoms with Gasteiger partial charge in [-0.3, -0.25) is 9.48 Å². The number of ether oxygens (including phenoxy) is 1. The van der Waals surface area contributed by atoms with E-state index in [0.717, 1.165) is 12.1 Å². The van der Waals surface area contributed by atoms with E-state index in [2.05, 4.69) is 26.3 Å². The minimum atomic E-state index is -4.53. The maximum Gasteiger partial charge on any atom is 0.416 e. The van der Waals surface area contributed by atoms with Gasteiger partial charge in [-0.2, -0.15) is 18.3 Å². The molecule has 0 aliphatic carbocycles. The molecule has 158 valence electrons. The zero-order valence-electron chi connectivity index (χ0n) is 15.6. The molecule has 0 radical (unpaired) electrons. The number of nitrogens with zero attached hydrogens (tertiary/aromatic N) is 2. The van der Waals surface area contributed by atoms with Crippen molar-refractivity contribution in [1.82, 2.24) is 9.78 Å². The second-order valence-electron chi connectivity index (χ2n) is 6.25. The molecule has 0 aliphatic rings. The molecular formula is C20H16BrClF3N3O2. The van der Waals surface area contributed by atoms with E-state index in [1.165, 1.54) is 18.3 Å². The van der Waals surface area contributed by atoms with E-state index in [-0.39, 0.29) is 5.56 Å². The standard InChI is InChI=1S/C20H16BrClF3N3O2/c1-28-18(16(22)11-26-28)15-10-14(5-6-17(15)30-8-7-21)27-19(29)12-3-2-4-13(9-12)20(23,24)25/h2-6,9-11H,7-8H2,1H3,(H,27,29). The lowest BCUT2D eigenvalue weighted by atomic mass is 10.1. The van der Waals surface area contributed by atoms with Crippen molar-refractivity contribution in [2.24, 2.45) is 7.05 Å². The van der Waals surface area contributed by atoms with Crippen LogP contribution in [0.3, 0.4) is 0 Å². The number of aryl methyl sites for hydroxylation is 1. The van der Waals surface area contributed by atoms with Crippen molar-refractivity contribution in [3.63, 3.8) is 0 Å². The minimum Gasteiger partial charge on any atom is -0.492 e. The van der Waals surface area contributed by atoms with Gasteiger partial charge in [-0.05, 0) is 36.4 Å². The first-order valence-corrected chi connectivity index (χ1v) is 10.2. The molecule has 0 fully saturated rings. The maximum atomic E-state index is 12.9. The fourth-order valence-corrected chi connectivity index (χ4v) is 3.25. The lowest BCUT2D eigenvalue weighted by Gasteiger charge is -2.14. The number of carbonyl (C=O) groups excluding carboxylic acids is 1. The summed E-state index contributed by atoms with van der Waals surface area (Å²) in [5.41, 5.74) is 0.538. The Labute approximate surface area is 183 Å². The summed E-state index contributed by atoms with van der Waals surface area (Å²) in [7, 11) is 1.71. The predicted molar refractivity (Wildman–Crippen MR) is 112 cm³/mol. The Kier molecular flexibility index (Phi) is 6.72. The highest BCUT2D eigenvalue weighted by molar-refractivity contribution is 9.09. The van der Waals surface area contributed by atoms with Crippen molar-refractivity contribution in [1.29, 1.82) is 0 Å². The van der Waals surface area contributed by atoms with Gasteiger partial charge in [-0.25, -0.2) is 0 Å². The highest BCUT2D eigenvalue weighted by Gasteiger charge is 2.31. The zero-order valence-corrected chi connectivity index (χ0v) is 18.0. The van der Waals surface area contributed by atoms with E-state index in [1.807, 2.05) is 0 Å². The maximum absolute atomic E-state index is 12.9. The molecule has 10 heteroatoms. The lowest BCUT2D eigenvalue weighted by molar-refractivity contribution is -0.137. The molecule has 0 atom stereocenters. The van der Waals surface area contributed by atoms with Crippen LogP contribution in [0.4, 0.5) is 18.9 Å². The van der Waals surface area contributed by atoms with Crippen LogP contribution in [0.1, 0.15) is 15.9 Å². The second-order valence-corrected chi connectivity index (χ2v) is 7.45. The van der Waals surface area contributed by atoms with E-state index in [9.17, 15) is 18.0 Å². The van der Waals surface area contributed by atoms with Gasteiger partial charge in [0, 0.05) is 29.2 Å². The van der Waals surface area contributed by atoms with Crippen LogP contribution in [0.25, 0.3) is 11.3 Å². The molecule has 0 saturated heterocycles. The van der Waals surface area contributed by atoms with Crippen LogP contribution >= 0.6 is 27.5 Å². The normalized spacial score (nSPS) is 11.4. The van der Waals surface area contributed by atoms with Gasteiger partial charge in [0.05, 0.1) is 29.1 Å². The number of aromatic nitrogens is 2.